The van der Waals surface area contributed by atoms with Gasteiger partial charge in [0.05, 0.1) is 22.4 Å². The Kier molecular flexibility index (Phi) is 7.40. The van der Waals surface area contributed by atoms with Crippen LogP contribution in [-0.2, 0) is 0 Å². The molecule has 0 saturated heterocycles. The Labute approximate surface area is 194 Å². The molecule has 8 heteroatoms. The summed E-state index contributed by atoms with van der Waals surface area (Å²) < 4.78 is 7.06. The summed E-state index contributed by atoms with van der Waals surface area (Å²) >= 11 is 11.5. The average molecular weight is 584 g/mol. The van der Waals surface area contributed by atoms with E-state index in [1.54, 1.807) is 54.6 Å². The fourth-order valence-electron chi connectivity index (χ4n) is 2.36. The maximum absolute atomic E-state index is 12.4. The molecule has 1 N–H and O–H groups in total. The van der Waals surface area contributed by atoms with Gasteiger partial charge in [0.2, 0.25) is 0 Å². The minimum Gasteiger partial charge on any atom is -0.422 e. The van der Waals surface area contributed by atoms with Crippen molar-refractivity contribution in [2.45, 2.75) is 0 Å². The second kappa shape index (κ2) is 10.00. The Balaban J connectivity index is 1.77. The Morgan fingerprint density at radius 2 is 1.72 bits per heavy atom. The standard InChI is InChI=1S/C21H13BrClIN2O3/c22-14-9-10-19(29-21(28)15-5-1-3-7-17(15)23)13(11-14)12-25-26-20(27)16-6-2-4-8-18(16)24/h1-12H,(H,26,27). The number of amides is 1. The number of esters is 1. The molecule has 0 spiro atoms. The summed E-state index contributed by atoms with van der Waals surface area (Å²) in [5, 5.41) is 4.29. The number of hydrazone groups is 1. The van der Waals surface area contributed by atoms with Gasteiger partial charge < -0.3 is 4.74 Å². The molecule has 0 saturated carbocycles. The lowest BCUT2D eigenvalue weighted by Gasteiger charge is -2.09. The summed E-state index contributed by atoms with van der Waals surface area (Å²) in [6.45, 7) is 0. The number of nitrogens with zero attached hydrogens (tertiary/aromatic N) is 1. The molecule has 0 bridgehead atoms. The molecule has 0 aliphatic carbocycles. The molecular formula is C21H13BrClIN2O3. The highest BCUT2D eigenvalue weighted by molar-refractivity contribution is 14.1. The normalized spacial score (nSPS) is 10.7. The van der Waals surface area contributed by atoms with Crippen molar-refractivity contribution in [3.05, 3.63) is 96.5 Å². The number of halogens is 3. The second-order valence-electron chi connectivity index (χ2n) is 5.73. The SMILES string of the molecule is O=C(Oc1ccc(Br)cc1C=NNC(=O)c1ccccc1I)c1ccccc1Cl. The third kappa shape index (κ3) is 5.65. The van der Waals surface area contributed by atoms with Crippen molar-refractivity contribution in [1.82, 2.24) is 5.43 Å². The fraction of sp³-hybridized carbons (Fsp3) is 0. The first kappa shape index (κ1) is 21.5. The molecule has 0 radical (unpaired) electrons. The van der Waals surface area contributed by atoms with Gasteiger partial charge in [0, 0.05) is 13.6 Å². The largest absolute Gasteiger partial charge is 0.422 e. The van der Waals surface area contributed by atoms with Crippen LogP contribution in [0.4, 0.5) is 0 Å². The third-order valence-corrected chi connectivity index (χ3v) is 5.52. The molecule has 0 aromatic heterocycles. The Hall–Kier alpha value is -2.23. The van der Waals surface area contributed by atoms with E-state index in [4.69, 9.17) is 16.3 Å². The highest BCUT2D eigenvalue weighted by atomic mass is 127. The van der Waals surface area contributed by atoms with Crippen LogP contribution >= 0.6 is 50.1 Å². The summed E-state index contributed by atoms with van der Waals surface area (Å²) in [5.74, 6) is -0.642. The van der Waals surface area contributed by atoms with Gasteiger partial charge in [-0.2, -0.15) is 5.10 Å². The molecule has 0 aliphatic rings. The number of ether oxygens (including phenoxy) is 1. The van der Waals surface area contributed by atoms with Crippen LogP contribution in [0.5, 0.6) is 5.75 Å². The highest BCUT2D eigenvalue weighted by Gasteiger charge is 2.14. The Morgan fingerprint density at radius 1 is 1.03 bits per heavy atom. The van der Waals surface area contributed by atoms with E-state index in [2.05, 4.69) is 49.0 Å². The molecule has 29 heavy (non-hydrogen) atoms. The molecule has 1 amide bonds. The summed E-state index contributed by atoms with van der Waals surface area (Å²) in [6.07, 6.45) is 1.41. The fourth-order valence-corrected chi connectivity index (χ4v) is 3.58. The van der Waals surface area contributed by atoms with E-state index >= 15 is 0 Å². The monoisotopic (exact) mass is 582 g/mol. The number of hydrogen-bond acceptors (Lipinski definition) is 4. The van der Waals surface area contributed by atoms with Crippen molar-refractivity contribution >= 4 is 68.2 Å². The van der Waals surface area contributed by atoms with E-state index < -0.39 is 5.97 Å². The van der Waals surface area contributed by atoms with E-state index in [-0.39, 0.29) is 17.2 Å². The Morgan fingerprint density at radius 3 is 2.45 bits per heavy atom. The summed E-state index contributed by atoms with van der Waals surface area (Å²) in [7, 11) is 0. The maximum Gasteiger partial charge on any atom is 0.345 e. The van der Waals surface area contributed by atoms with Crippen LogP contribution in [0.25, 0.3) is 0 Å². The lowest BCUT2D eigenvalue weighted by atomic mass is 10.2. The second-order valence-corrected chi connectivity index (χ2v) is 8.22. The molecule has 3 aromatic rings. The van der Waals surface area contributed by atoms with Crippen LogP contribution in [0, 0.1) is 3.57 Å². The van der Waals surface area contributed by atoms with Gasteiger partial charge in [0.25, 0.3) is 5.91 Å². The molecule has 0 fully saturated rings. The molecule has 3 aromatic carbocycles. The molecular weight excluding hydrogens is 571 g/mol. The number of benzene rings is 3. The first-order valence-corrected chi connectivity index (χ1v) is 10.5. The van der Waals surface area contributed by atoms with Crippen LogP contribution in [0.3, 0.4) is 0 Å². The predicted octanol–water partition coefficient (Wildman–Crippen LogP) is 5.69. The van der Waals surface area contributed by atoms with E-state index in [1.807, 2.05) is 12.1 Å². The zero-order valence-electron chi connectivity index (χ0n) is 14.7. The van der Waals surface area contributed by atoms with Crippen LogP contribution < -0.4 is 10.2 Å². The molecule has 0 atom stereocenters. The van der Waals surface area contributed by atoms with Gasteiger partial charge in [0.1, 0.15) is 5.75 Å². The minimum atomic E-state index is -0.588. The van der Waals surface area contributed by atoms with Crippen molar-refractivity contribution < 1.29 is 14.3 Å². The number of carbonyl (C=O) groups excluding carboxylic acids is 2. The van der Waals surface area contributed by atoms with E-state index in [0.717, 1.165) is 8.04 Å². The van der Waals surface area contributed by atoms with E-state index in [0.29, 0.717) is 16.1 Å². The highest BCUT2D eigenvalue weighted by Crippen LogP contribution is 2.24. The number of hydrogen-bond donors (Lipinski definition) is 1. The van der Waals surface area contributed by atoms with Crippen molar-refractivity contribution in [3.63, 3.8) is 0 Å². The lowest BCUT2D eigenvalue weighted by Crippen LogP contribution is -2.18. The zero-order valence-corrected chi connectivity index (χ0v) is 19.2. The smallest absolute Gasteiger partial charge is 0.345 e. The van der Waals surface area contributed by atoms with Gasteiger partial charge in [-0.1, -0.05) is 51.8 Å². The number of rotatable bonds is 5. The topological polar surface area (TPSA) is 67.8 Å². The van der Waals surface area contributed by atoms with Gasteiger partial charge in [-0.3, -0.25) is 4.79 Å². The predicted molar refractivity (Wildman–Crippen MR) is 125 cm³/mol. The van der Waals surface area contributed by atoms with Gasteiger partial charge >= 0.3 is 5.97 Å². The van der Waals surface area contributed by atoms with Gasteiger partial charge in [-0.15, -0.1) is 0 Å². The average Bonchev–Trinajstić information content (AvgIpc) is 2.70. The van der Waals surface area contributed by atoms with Crippen molar-refractivity contribution in [1.29, 1.82) is 0 Å². The lowest BCUT2D eigenvalue weighted by molar-refractivity contribution is 0.0734. The number of carbonyl (C=O) groups is 2. The minimum absolute atomic E-state index is 0.256. The molecule has 0 heterocycles. The van der Waals surface area contributed by atoms with Crippen molar-refractivity contribution in [2.75, 3.05) is 0 Å². The van der Waals surface area contributed by atoms with Gasteiger partial charge in [-0.05, 0) is 65.1 Å². The van der Waals surface area contributed by atoms with Crippen LogP contribution in [0.1, 0.15) is 26.3 Å². The summed E-state index contributed by atoms with van der Waals surface area (Å²) in [4.78, 5) is 24.7. The molecule has 146 valence electrons. The van der Waals surface area contributed by atoms with Crippen LogP contribution in [-0.4, -0.2) is 18.1 Å². The molecule has 3 rings (SSSR count). The number of nitrogens with one attached hydrogen (secondary N) is 1. The van der Waals surface area contributed by atoms with Gasteiger partial charge in [0.15, 0.2) is 0 Å². The third-order valence-electron chi connectivity index (χ3n) is 3.76. The summed E-state index contributed by atoms with van der Waals surface area (Å²) in [6, 6.07) is 18.9. The van der Waals surface area contributed by atoms with Gasteiger partial charge in [-0.25, -0.2) is 10.2 Å². The molecule has 5 nitrogen and oxygen atoms in total. The van der Waals surface area contributed by atoms with Crippen molar-refractivity contribution in [3.8, 4) is 5.75 Å². The Bertz CT molecular complexity index is 1100. The van der Waals surface area contributed by atoms with E-state index in [1.165, 1.54) is 6.21 Å². The van der Waals surface area contributed by atoms with Crippen LogP contribution in [0.2, 0.25) is 5.02 Å². The zero-order chi connectivity index (χ0) is 20.8. The summed E-state index contributed by atoms with van der Waals surface area (Å²) in [5.41, 5.74) is 3.76. The van der Waals surface area contributed by atoms with Crippen LogP contribution in [0.15, 0.2) is 76.3 Å². The molecule has 0 aliphatic heterocycles. The first-order valence-electron chi connectivity index (χ1n) is 8.30. The first-order chi connectivity index (χ1) is 14.0. The van der Waals surface area contributed by atoms with E-state index in [9.17, 15) is 9.59 Å². The maximum atomic E-state index is 12.4. The molecule has 0 unspecified atom stereocenters. The van der Waals surface area contributed by atoms with Crippen molar-refractivity contribution in [2.24, 2.45) is 5.10 Å². The quantitative estimate of drug-likeness (QED) is 0.138.